The summed E-state index contributed by atoms with van der Waals surface area (Å²) in [5.41, 5.74) is 0.0791. The summed E-state index contributed by atoms with van der Waals surface area (Å²) in [4.78, 5) is 19.8. The molecule has 4 aromatic heterocycles. The second-order valence-corrected chi connectivity index (χ2v) is 12.3. The van der Waals surface area contributed by atoms with Crippen molar-refractivity contribution in [1.29, 1.82) is 0 Å². The van der Waals surface area contributed by atoms with Crippen LogP contribution in [0, 0.1) is 11.6 Å². The topological polar surface area (TPSA) is 148 Å². The van der Waals surface area contributed by atoms with Gasteiger partial charge in [0.05, 0.1) is 24.2 Å². The van der Waals surface area contributed by atoms with Crippen molar-refractivity contribution in [3.63, 3.8) is 0 Å². The number of hydrogen-bond acceptors (Lipinski definition) is 11. The molecule has 4 aromatic rings. The highest BCUT2D eigenvalue weighted by molar-refractivity contribution is 5.86. The highest BCUT2D eigenvalue weighted by Gasteiger charge is 2.42. The summed E-state index contributed by atoms with van der Waals surface area (Å²) in [6.45, 7) is 4.42. The first-order valence-electron chi connectivity index (χ1n) is 15.2. The predicted octanol–water partition coefficient (Wildman–Crippen LogP) is 5.10. The van der Waals surface area contributed by atoms with Crippen LogP contribution < -0.4 is 10.6 Å². The fraction of sp³-hybridized carbons (Fsp3) is 0.424. The van der Waals surface area contributed by atoms with Gasteiger partial charge in [-0.15, -0.1) is 15.3 Å². The zero-order chi connectivity index (χ0) is 32.8. The lowest BCUT2D eigenvalue weighted by Gasteiger charge is -2.41. The van der Waals surface area contributed by atoms with Crippen LogP contribution in [0.4, 0.5) is 20.4 Å². The monoisotopic (exact) mass is 632 g/mol. The molecule has 0 spiro atoms. The zero-order valence-corrected chi connectivity index (χ0v) is 26.1. The number of rotatable bonds is 10. The minimum atomic E-state index is -1.02. The summed E-state index contributed by atoms with van der Waals surface area (Å²) in [5, 5.41) is 32.2. The van der Waals surface area contributed by atoms with E-state index in [1.165, 1.54) is 25.3 Å². The minimum Gasteiger partial charge on any atom is -0.464 e. The van der Waals surface area contributed by atoms with Gasteiger partial charge >= 0.3 is 5.97 Å². The number of ether oxygens (including phenoxy) is 1. The number of hydrogen-bond donors (Lipinski definition) is 3. The van der Waals surface area contributed by atoms with Gasteiger partial charge in [0.1, 0.15) is 28.9 Å². The van der Waals surface area contributed by atoms with E-state index in [0.29, 0.717) is 41.8 Å². The highest BCUT2D eigenvalue weighted by atomic mass is 19.1. The lowest BCUT2D eigenvalue weighted by atomic mass is 9.66. The summed E-state index contributed by atoms with van der Waals surface area (Å²) < 4.78 is 32.7. The number of aliphatic hydroxyl groups is 1. The van der Waals surface area contributed by atoms with Crippen LogP contribution in [0.15, 0.2) is 60.9 Å². The van der Waals surface area contributed by atoms with Crippen molar-refractivity contribution in [1.82, 2.24) is 30.4 Å². The quantitative estimate of drug-likeness (QED) is 0.201. The Morgan fingerprint density at radius 1 is 0.804 bits per heavy atom. The number of pyridine rings is 2. The van der Waals surface area contributed by atoms with E-state index in [2.05, 4.69) is 45.7 Å². The van der Waals surface area contributed by atoms with Crippen molar-refractivity contribution < 1.29 is 23.4 Å². The van der Waals surface area contributed by atoms with Gasteiger partial charge in [-0.05, 0) is 88.1 Å². The van der Waals surface area contributed by atoms with E-state index >= 15 is 0 Å². The van der Waals surface area contributed by atoms with Gasteiger partial charge in [-0.1, -0.05) is 12.8 Å². The average molecular weight is 633 g/mol. The van der Waals surface area contributed by atoms with Crippen LogP contribution in [-0.2, 0) is 21.2 Å². The molecule has 2 fully saturated rings. The predicted molar refractivity (Wildman–Crippen MR) is 167 cm³/mol. The molecule has 6 rings (SSSR count). The summed E-state index contributed by atoms with van der Waals surface area (Å²) in [5.74, 6) is 0.0783. The second-order valence-electron chi connectivity index (χ2n) is 12.3. The Morgan fingerprint density at radius 2 is 1.30 bits per heavy atom. The maximum atomic E-state index is 14.1. The van der Waals surface area contributed by atoms with Crippen LogP contribution in [0.5, 0.6) is 0 Å². The molecule has 4 heterocycles. The van der Waals surface area contributed by atoms with E-state index in [-0.39, 0.29) is 28.2 Å². The molecule has 3 N–H and O–H groups in total. The number of nitrogens with zero attached hydrogens (tertiary/aromatic N) is 6. The molecule has 0 atom stereocenters. The van der Waals surface area contributed by atoms with E-state index in [4.69, 9.17) is 0 Å². The molecule has 0 aromatic carbocycles. The SMILES string of the molecule is CC(C)(O)c1ccc(NCC2(c3ncccc3F)CCC2)nn1.COC(=O)c1ccc(NCC2(c3ncccc3F)CCC2)nn1. The van der Waals surface area contributed by atoms with E-state index in [1.54, 1.807) is 56.6 Å². The third-order valence-corrected chi connectivity index (χ3v) is 8.71. The molecule has 46 heavy (non-hydrogen) atoms. The van der Waals surface area contributed by atoms with Crippen LogP contribution in [0.1, 0.15) is 79.9 Å². The third kappa shape index (κ3) is 7.25. The first-order chi connectivity index (χ1) is 22.1. The molecular formula is C33H38F2N8O3. The van der Waals surface area contributed by atoms with Crippen molar-refractivity contribution in [2.75, 3.05) is 30.8 Å². The standard InChI is InChI=1S/C17H21FN4O.C16H17FN4O2/c1-16(2,23)13-6-7-14(22-21-13)20-11-17(8-4-9-17)15-12(18)5-3-10-19-15;1-23-15(22)12-5-6-13(21-20-12)19-10-16(7-3-8-16)14-11(17)4-2-9-18-14/h3,5-7,10,23H,4,8-9,11H2,1-2H3,(H,20,22);2,4-6,9H,3,7-8,10H2,1H3,(H,19,21). The van der Waals surface area contributed by atoms with Gasteiger partial charge in [-0.3, -0.25) is 9.97 Å². The molecule has 11 nitrogen and oxygen atoms in total. The molecule has 0 bridgehead atoms. The fourth-order valence-electron chi connectivity index (χ4n) is 5.67. The third-order valence-electron chi connectivity index (χ3n) is 8.71. The number of nitrogens with one attached hydrogen (secondary N) is 2. The molecule has 2 aliphatic carbocycles. The largest absolute Gasteiger partial charge is 0.464 e. The summed E-state index contributed by atoms with van der Waals surface area (Å²) >= 11 is 0. The van der Waals surface area contributed by atoms with Crippen LogP contribution in [0.3, 0.4) is 0 Å². The number of anilines is 2. The van der Waals surface area contributed by atoms with Gasteiger partial charge in [0, 0.05) is 36.3 Å². The molecular weight excluding hydrogens is 594 g/mol. The number of esters is 1. The van der Waals surface area contributed by atoms with E-state index in [1.807, 2.05) is 0 Å². The highest BCUT2D eigenvalue weighted by Crippen LogP contribution is 2.44. The van der Waals surface area contributed by atoms with Crippen LogP contribution in [-0.4, -0.2) is 61.6 Å². The van der Waals surface area contributed by atoms with E-state index in [0.717, 1.165) is 38.5 Å². The average Bonchev–Trinajstić information content (AvgIpc) is 3.01. The smallest absolute Gasteiger partial charge is 0.358 e. The number of methoxy groups -OCH3 is 1. The minimum absolute atomic E-state index is 0.146. The molecule has 0 amide bonds. The number of carbonyl (C=O) groups is 1. The molecule has 0 unspecified atom stereocenters. The Morgan fingerprint density at radius 3 is 1.65 bits per heavy atom. The first kappa shape index (κ1) is 32.7. The van der Waals surface area contributed by atoms with Crippen molar-refractivity contribution in [3.8, 4) is 0 Å². The summed E-state index contributed by atoms with van der Waals surface area (Å²) in [6.07, 6.45) is 8.93. The van der Waals surface area contributed by atoms with Gasteiger partial charge in [-0.25, -0.2) is 13.6 Å². The number of carbonyl (C=O) groups excluding carboxylic acids is 1. The fourth-order valence-corrected chi connectivity index (χ4v) is 5.67. The lowest BCUT2D eigenvalue weighted by molar-refractivity contribution is 0.0592. The van der Waals surface area contributed by atoms with Gasteiger partial charge < -0.3 is 20.5 Å². The van der Waals surface area contributed by atoms with Gasteiger partial charge in [-0.2, -0.15) is 5.10 Å². The van der Waals surface area contributed by atoms with Crippen molar-refractivity contribution in [3.05, 3.63) is 95.3 Å². The summed E-state index contributed by atoms with van der Waals surface area (Å²) in [7, 11) is 1.29. The molecule has 13 heteroatoms. The normalized spacial score (nSPS) is 16.1. The van der Waals surface area contributed by atoms with Crippen molar-refractivity contribution >= 4 is 17.6 Å². The van der Waals surface area contributed by atoms with Gasteiger partial charge in [0.15, 0.2) is 5.69 Å². The lowest BCUT2D eigenvalue weighted by Crippen LogP contribution is -2.42. The Hall–Kier alpha value is -4.65. The maximum Gasteiger partial charge on any atom is 0.358 e. The molecule has 0 saturated heterocycles. The first-order valence-corrected chi connectivity index (χ1v) is 15.2. The van der Waals surface area contributed by atoms with Crippen molar-refractivity contribution in [2.24, 2.45) is 0 Å². The van der Waals surface area contributed by atoms with Crippen molar-refractivity contribution in [2.45, 2.75) is 68.8 Å². The maximum absolute atomic E-state index is 14.1. The number of halogens is 2. The Balaban J connectivity index is 0.000000181. The zero-order valence-electron chi connectivity index (χ0n) is 26.1. The van der Waals surface area contributed by atoms with Crippen LogP contribution >= 0.6 is 0 Å². The van der Waals surface area contributed by atoms with E-state index < -0.39 is 11.6 Å². The molecule has 2 aliphatic rings. The van der Waals surface area contributed by atoms with Gasteiger partial charge in [0.2, 0.25) is 0 Å². The summed E-state index contributed by atoms with van der Waals surface area (Å²) in [6, 6.07) is 12.8. The second kappa shape index (κ2) is 13.8. The molecule has 242 valence electrons. The van der Waals surface area contributed by atoms with Gasteiger partial charge in [0.25, 0.3) is 0 Å². The van der Waals surface area contributed by atoms with E-state index in [9.17, 15) is 18.7 Å². The Bertz CT molecular complexity index is 1620. The molecule has 0 radical (unpaired) electrons. The Kier molecular flexibility index (Phi) is 9.80. The molecule has 0 aliphatic heterocycles. The van der Waals surface area contributed by atoms with Crippen LogP contribution in [0.25, 0.3) is 0 Å². The number of aromatic nitrogens is 6. The van der Waals surface area contributed by atoms with Crippen LogP contribution in [0.2, 0.25) is 0 Å². The Labute approximate surface area is 266 Å². The molecule has 2 saturated carbocycles.